The van der Waals surface area contributed by atoms with Gasteiger partial charge >= 0.3 is 0 Å². The Hall–Kier alpha value is -1.42. The van der Waals surface area contributed by atoms with Crippen LogP contribution in [0.5, 0.6) is 11.5 Å². The molecule has 1 heterocycles. The first-order valence-corrected chi connectivity index (χ1v) is 7.48. The summed E-state index contributed by atoms with van der Waals surface area (Å²) >= 11 is 12.1. The van der Waals surface area contributed by atoms with Gasteiger partial charge in [0.2, 0.25) is 0 Å². The van der Waals surface area contributed by atoms with Gasteiger partial charge in [0.15, 0.2) is 0 Å². The summed E-state index contributed by atoms with van der Waals surface area (Å²) in [5.41, 5.74) is 8.68. The van der Waals surface area contributed by atoms with Gasteiger partial charge in [-0.25, -0.2) is 0 Å². The molecule has 0 amide bonds. The number of nitrogens with two attached hydrogens (primary N) is 1. The number of rotatable bonds is 4. The second kappa shape index (κ2) is 6.14. The van der Waals surface area contributed by atoms with Gasteiger partial charge in [0.1, 0.15) is 18.1 Å². The van der Waals surface area contributed by atoms with Gasteiger partial charge in [-0.3, -0.25) is 0 Å². The highest BCUT2D eigenvalue weighted by atomic mass is 35.5. The average Bonchev–Trinajstić information content (AvgIpc) is 2.93. The van der Waals surface area contributed by atoms with Gasteiger partial charge in [-0.05, 0) is 35.9 Å². The summed E-state index contributed by atoms with van der Waals surface area (Å²) in [5.74, 6) is 1.62. The Bertz CT molecular complexity index is 674. The fourth-order valence-corrected chi connectivity index (χ4v) is 2.92. The zero-order chi connectivity index (χ0) is 14.8. The minimum Gasteiger partial charge on any atom is -0.493 e. The summed E-state index contributed by atoms with van der Waals surface area (Å²) in [6, 6.07) is 9.26. The van der Waals surface area contributed by atoms with Gasteiger partial charge in [-0.1, -0.05) is 23.2 Å². The number of hydrogen-bond acceptors (Lipinski definition) is 3. The molecule has 0 saturated carbocycles. The third-order valence-corrected chi connectivity index (χ3v) is 3.90. The maximum atomic E-state index is 6.14. The maximum absolute atomic E-state index is 6.14. The van der Waals surface area contributed by atoms with Crippen molar-refractivity contribution in [3.63, 3.8) is 0 Å². The van der Waals surface area contributed by atoms with Gasteiger partial charge in [0.05, 0.1) is 6.61 Å². The molecule has 3 rings (SSSR count). The average molecular weight is 324 g/mol. The van der Waals surface area contributed by atoms with E-state index in [0.717, 1.165) is 34.6 Å². The highest BCUT2D eigenvalue weighted by Gasteiger charge is 2.18. The molecule has 0 fully saturated rings. The van der Waals surface area contributed by atoms with Gasteiger partial charge in [-0.2, -0.15) is 0 Å². The van der Waals surface area contributed by atoms with Gasteiger partial charge < -0.3 is 15.2 Å². The van der Waals surface area contributed by atoms with Crippen molar-refractivity contribution in [1.29, 1.82) is 0 Å². The predicted octanol–water partition coefficient (Wildman–Crippen LogP) is 3.97. The van der Waals surface area contributed by atoms with Crippen molar-refractivity contribution in [3.05, 3.63) is 57.1 Å². The third kappa shape index (κ3) is 3.10. The molecule has 0 unspecified atom stereocenters. The lowest BCUT2D eigenvalue weighted by Crippen LogP contribution is -2.04. The first-order chi connectivity index (χ1) is 10.2. The van der Waals surface area contributed by atoms with E-state index in [-0.39, 0.29) is 0 Å². The first-order valence-electron chi connectivity index (χ1n) is 6.73. The van der Waals surface area contributed by atoms with Crippen molar-refractivity contribution in [2.75, 3.05) is 6.61 Å². The smallest absolute Gasteiger partial charge is 0.129 e. The van der Waals surface area contributed by atoms with Crippen molar-refractivity contribution >= 4 is 23.2 Å². The summed E-state index contributed by atoms with van der Waals surface area (Å²) in [7, 11) is 0. The molecule has 2 N–H and O–H groups in total. The van der Waals surface area contributed by atoms with E-state index in [1.165, 1.54) is 0 Å². The highest BCUT2D eigenvalue weighted by Crippen LogP contribution is 2.34. The Labute approximate surface area is 133 Å². The summed E-state index contributed by atoms with van der Waals surface area (Å²) in [4.78, 5) is 0. The highest BCUT2D eigenvalue weighted by molar-refractivity contribution is 6.31. The first kappa shape index (κ1) is 14.5. The Balaban J connectivity index is 1.83. The number of halogens is 2. The van der Waals surface area contributed by atoms with Crippen LogP contribution in [0.25, 0.3) is 0 Å². The lowest BCUT2D eigenvalue weighted by molar-refractivity contribution is 0.289. The molecule has 0 aliphatic carbocycles. The summed E-state index contributed by atoms with van der Waals surface area (Å²) in [6.07, 6.45) is 0.887. The Morgan fingerprint density at radius 3 is 2.71 bits per heavy atom. The molecule has 0 spiro atoms. The summed E-state index contributed by atoms with van der Waals surface area (Å²) in [5, 5.41) is 1.35. The van der Waals surface area contributed by atoms with Crippen LogP contribution < -0.4 is 15.2 Å². The van der Waals surface area contributed by atoms with Crippen molar-refractivity contribution in [2.24, 2.45) is 5.73 Å². The van der Waals surface area contributed by atoms with Crippen molar-refractivity contribution in [1.82, 2.24) is 0 Å². The van der Waals surface area contributed by atoms with Gasteiger partial charge in [0.25, 0.3) is 0 Å². The zero-order valence-corrected chi connectivity index (χ0v) is 12.9. The van der Waals surface area contributed by atoms with Crippen LogP contribution in [0.4, 0.5) is 0 Å². The van der Waals surface area contributed by atoms with Gasteiger partial charge in [-0.15, -0.1) is 0 Å². The van der Waals surface area contributed by atoms with E-state index in [1.807, 2.05) is 24.3 Å². The molecule has 5 heteroatoms. The molecule has 3 nitrogen and oxygen atoms in total. The van der Waals surface area contributed by atoms with Crippen molar-refractivity contribution in [3.8, 4) is 11.5 Å². The third-order valence-electron chi connectivity index (χ3n) is 3.45. The van der Waals surface area contributed by atoms with E-state index in [1.54, 1.807) is 6.07 Å². The van der Waals surface area contributed by atoms with Crippen LogP contribution in [0, 0.1) is 0 Å². The van der Waals surface area contributed by atoms with E-state index in [2.05, 4.69) is 0 Å². The van der Waals surface area contributed by atoms with Gasteiger partial charge in [0, 0.05) is 34.1 Å². The van der Waals surface area contributed by atoms with E-state index in [9.17, 15) is 0 Å². The van der Waals surface area contributed by atoms with Crippen molar-refractivity contribution < 1.29 is 9.47 Å². The Kier molecular flexibility index (Phi) is 4.24. The number of ether oxygens (including phenoxy) is 2. The second-order valence-corrected chi connectivity index (χ2v) is 5.77. The van der Waals surface area contributed by atoms with Crippen LogP contribution in [0.2, 0.25) is 10.0 Å². The molecule has 1 aliphatic heterocycles. The zero-order valence-electron chi connectivity index (χ0n) is 11.4. The summed E-state index contributed by atoms with van der Waals surface area (Å²) < 4.78 is 11.5. The fourth-order valence-electron chi connectivity index (χ4n) is 2.46. The Morgan fingerprint density at radius 1 is 1.10 bits per heavy atom. The lowest BCUT2D eigenvalue weighted by atomic mass is 10.1. The number of benzene rings is 2. The molecule has 0 aromatic heterocycles. The fraction of sp³-hybridized carbons (Fsp3) is 0.250. The minimum atomic E-state index is 0.375. The standard InChI is InChI=1S/C16H15Cl2NO2/c17-13-1-2-15(11(6-13)8-19)21-9-12-7-14(18)5-10-3-4-20-16(10)12/h1-2,5-7H,3-4,8-9,19H2. The molecule has 0 atom stereocenters. The SMILES string of the molecule is NCc1cc(Cl)ccc1OCc1cc(Cl)cc2c1OCC2. The monoisotopic (exact) mass is 323 g/mol. The van der Waals surface area contributed by atoms with Crippen LogP contribution in [0.1, 0.15) is 16.7 Å². The minimum absolute atomic E-state index is 0.375. The second-order valence-electron chi connectivity index (χ2n) is 4.90. The van der Waals surface area contributed by atoms with Crippen LogP contribution in [0.15, 0.2) is 30.3 Å². The molecule has 2 aromatic carbocycles. The quantitative estimate of drug-likeness (QED) is 0.926. The van der Waals surface area contributed by atoms with E-state index < -0.39 is 0 Å². The van der Waals surface area contributed by atoms with Crippen LogP contribution >= 0.6 is 23.2 Å². The number of fused-ring (bicyclic) bond motifs is 1. The molecule has 0 bridgehead atoms. The molecule has 1 aliphatic rings. The van der Waals surface area contributed by atoms with Crippen LogP contribution in [-0.2, 0) is 19.6 Å². The molecule has 0 saturated heterocycles. The molecular weight excluding hydrogens is 309 g/mol. The molecule has 21 heavy (non-hydrogen) atoms. The van der Waals surface area contributed by atoms with E-state index in [0.29, 0.717) is 29.8 Å². The number of hydrogen-bond donors (Lipinski definition) is 1. The topological polar surface area (TPSA) is 44.5 Å². The molecule has 110 valence electrons. The van der Waals surface area contributed by atoms with E-state index in [4.69, 9.17) is 38.4 Å². The molecule has 0 radical (unpaired) electrons. The van der Waals surface area contributed by atoms with E-state index >= 15 is 0 Å². The van der Waals surface area contributed by atoms with Crippen molar-refractivity contribution in [2.45, 2.75) is 19.6 Å². The lowest BCUT2D eigenvalue weighted by Gasteiger charge is -2.13. The molecular formula is C16H15Cl2NO2. The molecule has 2 aromatic rings. The summed E-state index contributed by atoms with van der Waals surface area (Å²) in [6.45, 7) is 1.45. The van der Waals surface area contributed by atoms with Crippen LogP contribution in [0.3, 0.4) is 0 Å². The largest absolute Gasteiger partial charge is 0.493 e. The maximum Gasteiger partial charge on any atom is 0.129 e. The Morgan fingerprint density at radius 2 is 1.90 bits per heavy atom. The predicted molar refractivity (Wildman–Crippen MR) is 84.3 cm³/mol. The normalized spacial score (nSPS) is 12.9. The van der Waals surface area contributed by atoms with Crippen LogP contribution in [-0.4, -0.2) is 6.61 Å².